The van der Waals surface area contributed by atoms with Gasteiger partial charge in [0, 0.05) is 12.0 Å². The fourth-order valence-corrected chi connectivity index (χ4v) is 6.45. The van der Waals surface area contributed by atoms with Gasteiger partial charge in [-0.3, -0.25) is 0 Å². The molecule has 1 saturated heterocycles. The SMILES string of the molecule is CC1(C)CC(=C(c2cc(F)c(O)c(F)c2)c2ccc3c(cnn3C3CCCCO3)c2)CC(C)(C)C1. The number of nitrogens with zero attached hydrogens (tertiary/aromatic N) is 2. The molecule has 5 rings (SSSR count). The van der Waals surface area contributed by atoms with Crippen molar-refractivity contribution in [2.24, 2.45) is 10.8 Å². The smallest absolute Gasteiger partial charge is 0.187 e. The Morgan fingerprint density at radius 1 is 1.00 bits per heavy atom. The first-order valence-electron chi connectivity index (χ1n) is 12.5. The van der Waals surface area contributed by atoms with Crippen molar-refractivity contribution in [1.29, 1.82) is 0 Å². The lowest BCUT2D eigenvalue weighted by atomic mass is 9.62. The van der Waals surface area contributed by atoms with Gasteiger partial charge in [0.2, 0.25) is 0 Å². The fraction of sp³-hybridized carbons (Fsp3) is 0.483. The molecule has 0 radical (unpaired) electrons. The van der Waals surface area contributed by atoms with Crippen LogP contribution >= 0.6 is 0 Å². The molecule has 1 aliphatic carbocycles. The van der Waals surface area contributed by atoms with Crippen LogP contribution in [-0.4, -0.2) is 21.5 Å². The summed E-state index contributed by atoms with van der Waals surface area (Å²) in [5.41, 5.74) is 4.47. The summed E-state index contributed by atoms with van der Waals surface area (Å²) in [6, 6.07) is 8.60. The molecule has 186 valence electrons. The highest BCUT2D eigenvalue weighted by Crippen LogP contribution is 2.51. The largest absolute Gasteiger partial charge is 0.503 e. The average molecular weight is 481 g/mol. The van der Waals surface area contributed by atoms with Crippen molar-refractivity contribution < 1.29 is 18.6 Å². The van der Waals surface area contributed by atoms with Crippen LogP contribution in [-0.2, 0) is 4.74 Å². The van der Waals surface area contributed by atoms with E-state index in [9.17, 15) is 13.9 Å². The number of hydrogen-bond acceptors (Lipinski definition) is 3. The normalized spacial score (nSPS) is 21.9. The third kappa shape index (κ3) is 4.73. The van der Waals surface area contributed by atoms with E-state index in [0.717, 1.165) is 67.2 Å². The summed E-state index contributed by atoms with van der Waals surface area (Å²) in [6.07, 6.45) is 7.64. The molecule has 3 aromatic rings. The Morgan fingerprint density at radius 3 is 2.31 bits per heavy atom. The van der Waals surface area contributed by atoms with Crippen LogP contribution in [0.1, 0.15) is 83.6 Å². The second kappa shape index (κ2) is 8.74. The van der Waals surface area contributed by atoms with Crippen molar-refractivity contribution in [3.05, 3.63) is 64.9 Å². The minimum Gasteiger partial charge on any atom is -0.503 e. The van der Waals surface area contributed by atoms with Gasteiger partial charge in [-0.15, -0.1) is 0 Å². The number of rotatable bonds is 3. The molecule has 35 heavy (non-hydrogen) atoms. The summed E-state index contributed by atoms with van der Waals surface area (Å²) in [6.45, 7) is 9.74. The summed E-state index contributed by atoms with van der Waals surface area (Å²) >= 11 is 0. The van der Waals surface area contributed by atoms with Crippen LogP contribution in [0.25, 0.3) is 16.5 Å². The summed E-state index contributed by atoms with van der Waals surface area (Å²) < 4.78 is 36.9. The predicted molar refractivity (Wildman–Crippen MR) is 134 cm³/mol. The third-order valence-corrected chi connectivity index (χ3v) is 7.31. The highest BCUT2D eigenvalue weighted by Gasteiger charge is 2.37. The molecule has 2 fully saturated rings. The monoisotopic (exact) mass is 480 g/mol. The highest BCUT2D eigenvalue weighted by molar-refractivity contribution is 5.89. The van der Waals surface area contributed by atoms with Crippen molar-refractivity contribution >= 4 is 16.5 Å². The Morgan fingerprint density at radius 2 is 1.69 bits per heavy atom. The van der Waals surface area contributed by atoms with Crippen LogP contribution in [0.3, 0.4) is 0 Å². The highest BCUT2D eigenvalue weighted by atomic mass is 19.1. The first-order valence-corrected chi connectivity index (χ1v) is 12.5. The third-order valence-electron chi connectivity index (χ3n) is 7.31. The van der Waals surface area contributed by atoms with E-state index in [1.807, 2.05) is 23.0 Å². The van der Waals surface area contributed by atoms with Gasteiger partial charge in [-0.25, -0.2) is 13.5 Å². The van der Waals surface area contributed by atoms with Crippen LogP contribution in [0.5, 0.6) is 5.75 Å². The Balaban J connectivity index is 1.67. The number of aromatic nitrogens is 2. The maximum Gasteiger partial charge on any atom is 0.187 e. The van der Waals surface area contributed by atoms with Gasteiger partial charge < -0.3 is 9.84 Å². The standard InChI is InChI=1S/C29H34F2N2O2/c1-28(2)14-21(15-29(3,4)17-28)26(19-12-22(30)27(34)23(31)13-19)18-8-9-24-20(11-18)16-32-33(24)25-7-5-6-10-35-25/h8-9,11-13,16,25,34H,5-7,10,14-15,17H2,1-4H3. The summed E-state index contributed by atoms with van der Waals surface area (Å²) in [5.74, 6) is -2.84. The average Bonchev–Trinajstić information content (AvgIpc) is 3.19. The molecule has 2 aliphatic rings. The van der Waals surface area contributed by atoms with Crippen molar-refractivity contribution in [3.63, 3.8) is 0 Å². The van der Waals surface area contributed by atoms with Gasteiger partial charge in [0.15, 0.2) is 23.6 Å². The summed E-state index contributed by atoms with van der Waals surface area (Å²) in [5, 5.41) is 15.3. The molecule has 1 atom stereocenters. The van der Waals surface area contributed by atoms with Gasteiger partial charge in [0.25, 0.3) is 0 Å². The molecular weight excluding hydrogens is 446 g/mol. The predicted octanol–water partition coefficient (Wildman–Crippen LogP) is 7.76. The Kier molecular flexibility index (Phi) is 5.99. The molecule has 0 bridgehead atoms. The fourth-order valence-electron chi connectivity index (χ4n) is 6.45. The molecule has 0 amide bonds. The number of phenols is 1. The minimum absolute atomic E-state index is 0.0592. The van der Waals surface area contributed by atoms with Gasteiger partial charge in [0.1, 0.15) is 0 Å². The second-order valence-corrected chi connectivity index (χ2v) is 11.8. The van der Waals surface area contributed by atoms with Crippen LogP contribution in [0, 0.1) is 22.5 Å². The molecule has 2 aromatic carbocycles. The number of allylic oxidation sites excluding steroid dienone is 1. The number of ether oxygens (including phenoxy) is 1. The molecule has 1 aliphatic heterocycles. The van der Waals surface area contributed by atoms with Crippen molar-refractivity contribution in [2.75, 3.05) is 6.61 Å². The quantitative estimate of drug-likeness (QED) is 0.417. The zero-order valence-electron chi connectivity index (χ0n) is 21.0. The van der Waals surface area contributed by atoms with Crippen LogP contribution in [0.4, 0.5) is 8.78 Å². The molecule has 1 unspecified atom stereocenters. The van der Waals surface area contributed by atoms with Gasteiger partial charge in [-0.2, -0.15) is 5.10 Å². The van der Waals surface area contributed by atoms with E-state index < -0.39 is 17.4 Å². The first-order chi connectivity index (χ1) is 16.5. The van der Waals surface area contributed by atoms with Crippen LogP contribution < -0.4 is 0 Å². The Hall–Kier alpha value is -2.73. The Labute approximate surface area is 205 Å². The molecular formula is C29H34F2N2O2. The van der Waals surface area contributed by atoms with E-state index in [-0.39, 0.29) is 17.1 Å². The summed E-state index contributed by atoms with van der Waals surface area (Å²) in [4.78, 5) is 0. The molecule has 1 aromatic heterocycles. The van der Waals surface area contributed by atoms with E-state index in [0.29, 0.717) is 5.56 Å². The van der Waals surface area contributed by atoms with Crippen LogP contribution in [0.2, 0.25) is 0 Å². The molecule has 1 saturated carbocycles. The lowest BCUT2D eigenvalue weighted by molar-refractivity contribution is -0.0366. The molecule has 0 spiro atoms. The van der Waals surface area contributed by atoms with E-state index in [1.165, 1.54) is 17.7 Å². The molecule has 2 heterocycles. The van der Waals surface area contributed by atoms with Crippen molar-refractivity contribution in [3.8, 4) is 5.75 Å². The number of benzene rings is 2. The van der Waals surface area contributed by atoms with Crippen molar-refractivity contribution in [1.82, 2.24) is 9.78 Å². The molecule has 4 nitrogen and oxygen atoms in total. The first kappa shape index (κ1) is 24.0. The number of aromatic hydroxyl groups is 1. The maximum absolute atomic E-state index is 14.5. The van der Waals surface area contributed by atoms with Crippen LogP contribution in [0.15, 0.2) is 42.1 Å². The van der Waals surface area contributed by atoms with E-state index in [2.05, 4.69) is 38.9 Å². The van der Waals surface area contributed by atoms with Gasteiger partial charge in [-0.1, -0.05) is 39.3 Å². The number of phenolic OH excluding ortho intramolecular Hbond substituents is 1. The lowest BCUT2D eigenvalue weighted by Crippen LogP contribution is -2.30. The second-order valence-electron chi connectivity index (χ2n) is 11.8. The van der Waals surface area contributed by atoms with Gasteiger partial charge in [0.05, 0.1) is 11.7 Å². The van der Waals surface area contributed by atoms with Crippen molar-refractivity contribution in [2.45, 2.75) is 72.4 Å². The zero-order valence-corrected chi connectivity index (χ0v) is 21.0. The van der Waals surface area contributed by atoms with E-state index in [4.69, 9.17) is 4.74 Å². The number of hydrogen-bond donors (Lipinski definition) is 1. The molecule has 1 N–H and O–H groups in total. The van der Waals surface area contributed by atoms with Gasteiger partial charge >= 0.3 is 0 Å². The number of fused-ring (bicyclic) bond motifs is 1. The maximum atomic E-state index is 14.5. The minimum atomic E-state index is -0.948. The molecule has 6 heteroatoms. The van der Waals surface area contributed by atoms with E-state index in [1.54, 1.807) is 0 Å². The Bertz CT molecular complexity index is 1260. The number of halogens is 2. The summed E-state index contributed by atoms with van der Waals surface area (Å²) in [7, 11) is 0. The van der Waals surface area contributed by atoms with Gasteiger partial charge in [-0.05, 0) is 90.3 Å². The van der Waals surface area contributed by atoms with E-state index >= 15 is 0 Å². The topological polar surface area (TPSA) is 47.3 Å². The lowest BCUT2D eigenvalue weighted by Gasteiger charge is -2.43. The zero-order chi connectivity index (χ0) is 25.0.